The summed E-state index contributed by atoms with van der Waals surface area (Å²) in [5.41, 5.74) is 2.13. The van der Waals surface area contributed by atoms with E-state index >= 15 is 0 Å². The molecule has 0 unspecified atom stereocenters. The number of rotatable bonds is 6. The summed E-state index contributed by atoms with van der Waals surface area (Å²) in [6.07, 6.45) is 2.81. The molecular formula is C27H35N3O5. The molecule has 3 atom stereocenters. The summed E-state index contributed by atoms with van der Waals surface area (Å²) in [6.45, 7) is 5.69. The van der Waals surface area contributed by atoms with E-state index in [4.69, 9.17) is 9.47 Å². The van der Waals surface area contributed by atoms with Gasteiger partial charge in [0.1, 0.15) is 11.7 Å². The molecule has 0 bridgehead atoms. The summed E-state index contributed by atoms with van der Waals surface area (Å²) >= 11 is 0. The molecule has 3 heterocycles. The Kier molecular flexibility index (Phi) is 8.03. The van der Waals surface area contributed by atoms with E-state index in [2.05, 4.69) is 4.98 Å². The van der Waals surface area contributed by atoms with Gasteiger partial charge in [0.15, 0.2) is 0 Å². The van der Waals surface area contributed by atoms with Gasteiger partial charge in [0.05, 0.1) is 19.2 Å². The number of hydrogen-bond donors (Lipinski definition) is 1. The van der Waals surface area contributed by atoms with Crippen molar-refractivity contribution >= 4 is 11.8 Å². The summed E-state index contributed by atoms with van der Waals surface area (Å²) in [5, 5.41) is 9.86. The van der Waals surface area contributed by atoms with E-state index in [0.717, 1.165) is 24.0 Å². The lowest BCUT2D eigenvalue weighted by molar-refractivity contribution is -0.138. The molecule has 1 saturated heterocycles. The van der Waals surface area contributed by atoms with E-state index < -0.39 is 0 Å². The van der Waals surface area contributed by atoms with Gasteiger partial charge in [0.2, 0.25) is 11.8 Å². The predicted molar refractivity (Wildman–Crippen MR) is 132 cm³/mol. The first-order chi connectivity index (χ1) is 16.9. The van der Waals surface area contributed by atoms with Crippen molar-refractivity contribution in [3.05, 3.63) is 48.2 Å². The number of pyridine rings is 1. The Bertz CT molecular complexity index is 1020. The number of ether oxygens (including phenoxy) is 2. The standard InChI is InChI=1S/C27H35N3O5/c1-18-15-30(19(2)17-31)27(33)23-13-22(20-7-5-4-6-8-20)14-28-25(23)35-24(18)16-29(3)26(32)21-9-11-34-12-10-21/h4-8,13-14,18-19,21,24,31H,9-12,15-17H2,1-3H3/t18-,19-,24-/m0/s1. The Balaban J connectivity index is 1.64. The molecule has 1 fully saturated rings. The maximum Gasteiger partial charge on any atom is 0.259 e. The molecule has 188 valence electrons. The van der Waals surface area contributed by atoms with Gasteiger partial charge in [-0.15, -0.1) is 0 Å². The van der Waals surface area contributed by atoms with Crippen molar-refractivity contribution in [2.75, 3.05) is 40.0 Å². The number of benzene rings is 1. The molecule has 2 aliphatic rings. The van der Waals surface area contributed by atoms with Crippen molar-refractivity contribution < 1.29 is 24.2 Å². The minimum atomic E-state index is -0.362. The van der Waals surface area contributed by atoms with Crippen LogP contribution < -0.4 is 4.74 Å². The van der Waals surface area contributed by atoms with E-state index in [9.17, 15) is 14.7 Å². The molecule has 35 heavy (non-hydrogen) atoms. The van der Waals surface area contributed by atoms with Crippen LogP contribution in [0.15, 0.2) is 42.6 Å². The normalized spacial score (nSPS) is 21.9. The number of aliphatic hydroxyl groups is 1. The van der Waals surface area contributed by atoms with Crippen molar-refractivity contribution in [1.82, 2.24) is 14.8 Å². The number of nitrogens with zero attached hydrogens (tertiary/aromatic N) is 3. The molecular weight excluding hydrogens is 446 g/mol. The predicted octanol–water partition coefficient (Wildman–Crippen LogP) is 2.85. The second kappa shape index (κ2) is 11.2. The lowest BCUT2D eigenvalue weighted by Crippen LogP contribution is -2.51. The van der Waals surface area contributed by atoms with Crippen molar-refractivity contribution in [1.29, 1.82) is 0 Å². The van der Waals surface area contributed by atoms with E-state index in [0.29, 0.717) is 31.9 Å². The molecule has 0 spiro atoms. The molecule has 0 radical (unpaired) electrons. The molecule has 2 amide bonds. The molecule has 8 nitrogen and oxygen atoms in total. The second-order valence-electron chi connectivity index (χ2n) is 9.67. The topological polar surface area (TPSA) is 92.2 Å². The summed E-state index contributed by atoms with van der Waals surface area (Å²) in [4.78, 5) is 34.6. The highest BCUT2D eigenvalue weighted by molar-refractivity contribution is 5.98. The van der Waals surface area contributed by atoms with Crippen LogP contribution in [0.5, 0.6) is 5.88 Å². The highest BCUT2D eigenvalue weighted by atomic mass is 16.5. The van der Waals surface area contributed by atoms with Gasteiger partial charge in [-0.25, -0.2) is 4.98 Å². The van der Waals surface area contributed by atoms with Gasteiger partial charge in [-0.1, -0.05) is 37.3 Å². The van der Waals surface area contributed by atoms with Gasteiger partial charge >= 0.3 is 0 Å². The fraction of sp³-hybridized carbons (Fsp3) is 0.519. The highest BCUT2D eigenvalue weighted by Crippen LogP contribution is 2.30. The van der Waals surface area contributed by atoms with Crippen LogP contribution in [-0.4, -0.2) is 83.8 Å². The monoisotopic (exact) mass is 481 g/mol. The van der Waals surface area contributed by atoms with Crippen molar-refractivity contribution in [2.24, 2.45) is 11.8 Å². The number of fused-ring (bicyclic) bond motifs is 1. The van der Waals surface area contributed by atoms with Gasteiger partial charge in [-0.3, -0.25) is 9.59 Å². The van der Waals surface area contributed by atoms with Crippen LogP contribution in [0.25, 0.3) is 11.1 Å². The average molecular weight is 482 g/mol. The fourth-order valence-electron chi connectivity index (χ4n) is 4.72. The van der Waals surface area contributed by atoms with Crippen LogP contribution in [0.3, 0.4) is 0 Å². The first-order valence-electron chi connectivity index (χ1n) is 12.4. The fourth-order valence-corrected chi connectivity index (χ4v) is 4.72. The van der Waals surface area contributed by atoms with Gasteiger partial charge in [0.25, 0.3) is 5.91 Å². The molecule has 4 rings (SSSR count). The smallest absolute Gasteiger partial charge is 0.259 e. The quantitative estimate of drug-likeness (QED) is 0.682. The maximum atomic E-state index is 13.6. The molecule has 1 aromatic carbocycles. The number of carbonyl (C=O) groups excluding carboxylic acids is 2. The number of amides is 2. The highest BCUT2D eigenvalue weighted by Gasteiger charge is 2.35. The summed E-state index contributed by atoms with van der Waals surface area (Å²) in [5.74, 6) is 0.0121. The third-order valence-electron chi connectivity index (χ3n) is 7.03. The van der Waals surface area contributed by atoms with Crippen LogP contribution in [0, 0.1) is 11.8 Å². The third-order valence-corrected chi connectivity index (χ3v) is 7.03. The van der Waals surface area contributed by atoms with E-state index in [1.807, 2.05) is 44.2 Å². The number of hydrogen-bond acceptors (Lipinski definition) is 6. The Morgan fingerprint density at radius 1 is 1.23 bits per heavy atom. The molecule has 0 aliphatic carbocycles. The van der Waals surface area contributed by atoms with Crippen LogP contribution in [0.1, 0.15) is 37.0 Å². The number of aliphatic hydroxyl groups excluding tert-OH is 1. The number of likely N-dealkylation sites (N-methyl/N-ethyl adjacent to an activating group) is 1. The Hall–Kier alpha value is -2.97. The zero-order valence-corrected chi connectivity index (χ0v) is 20.7. The molecule has 8 heteroatoms. The van der Waals surface area contributed by atoms with Gasteiger partial charge in [-0.05, 0) is 31.4 Å². The van der Waals surface area contributed by atoms with Crippen LogP contribution in [-0.2, 0) is 9.53 Å². The largest absolute Gasteiger partial charge is 0.472 e. The van der Waals surface area contributed by atoms with Crippen molar-refractivity contribution in [2.45, 2.75) is 38.8 Å². The SMILES string of the molecule is C[C@H]1CN([C@@H](C)CO)C(=O)c2cc(-c3ccccc3)cnc2O[C@H]1CN(C)C(=O)C1CCOCC1. The van der Waals surface area contributed by atoms with Crippen LogP contribution in [0.4, 0.5) is 0 Å². The minimum Gasteiger partial charge on any atom is -0.472 e. The Morgan fingerprint density at radius 3 is 2.63 bits per heavy atom. The molecule has 2 aromatic rings. The molecule has 2 aliphatic heterocycles. The third kappa shape index (κ3) is 5.65. The lowest BCUT2D eigenvalue weighted by Gasteiger charge is -2.38. The van der Waals surface area contributed by atoms with E-state index in [1.165, 1.54) is 0 Å². The minimum absolute atomic E-state index is 0.0380. The van der Waals surface area contributed by atoms with E-state index in [1.54, 1.807) is 29.1 Å². The van der Waals surface area contributed by atoms with Gasteiger partial charge in [-0.2, -0.15) is 0 Å². The molecule has 0 saturated carbocycles. The van der Waals surface area contributed by atoms with Crippen molar-refractivity contribution in [3.63, 3.8) is 0 Å². The first-order valence-corrected chi connectivity index (χ1v) is 12.4. The summed E-state index contributed by atoms with van der Waals surface area (Å²) in [7, 11) is 1.80. The first kappa shape index (κ1) is 25.1. The Morgan fingerprint density at radius 2 is 1.94 bits per heavy atom. The zero-order valence-electron chi connectivity index (χ0n) is 20.7. The summed E-state index contributed by atoms with van der Waals surface area (Å²) < 4.78 is 11.7. The lowest BCUT2D eigenvalue weighted by atomic mass is 9.97. The number of aromatic nitrogens is 1. The summed E-state index contributed by atoms with van der Waals surface area (Å²) in [6, 6.07) is 11.2. The molecule has 1 aromatic heterocycles. The maximum absolute atomic E-state index is 13.6. The van der Waals surface area contributed by atoms with Gasteiger partial charge < -0.3 is 24.4 Å². The average Bonchev–Trinajstić information content (AvgIpc) is 2.90. The van der Waals surface area contributed by atoms with Gasteiger partial charge in [0, 0.05) is 50.4 Å². The van der Waals surface area contributed by atoms with Crippen molar-refractivity contribution in [3.8, 4) is 17.0 Å². The van der Waals surface area contributed by atoms with E-state index in [-0.39, 0.29) is 48.3 Å². The van der Waals surface area contributed by atoms with Crippen LogP contribution in [0.2, 0.25) is 0 Å². The molecule has 1 N–H and O–H groups in total. The Labute approximate surface area is 206 Å². The second-order valence-corrected chi connectivity index (χ2v) is 9.67. The number of carbonyl (C=O) groups is 2. The zero-order chi connectivity index (χ0) is 24.9. The van der Waals surface area contributed by atoms with Crippen LogP contribution >= 0.6 is 0 Å².